The Kier molecular flexibility index (Phi) is 5.95. The Morgan fingerprint density at radius 3 is 2.13 bits per heavy atom. The van der Waals surface area contributed by atoms with Crippen molar-refractivity contribution >= 4 is 23.4 Å². The second-order valence-electron chi connectivity index (χ2n) is 9.86. The van der Waals surface area contributed by atoms with Crippen LogP contribution in [0, 0.1) is 23.2 Å². The van der Waals surface area contributed by atoms with Crippen molar-refractivity contribution < 1.29 is 19.1 Å². The van der Waals surface area contributed by atoms with Crippen LogP contribution in [0.4, 0.5) is 5.69 Å². The van der Waals surface area contributed by atoms with Gasteiger partial charge in [-0.2, -0.15) is 0 Å². The number of nitrogens with one attached hydrogen (secondary N) is 2. The van der Waals surface area contributed by atoms with Crippen LogP contribution in [0.5, 0.6) is 5.75 Å². The van der Waals surface area contributed by atoms with E-state index in [1.165, 1.54) is 24.2 Å². The van der Waals surface area contributed by atoms with Crippen LogP contribution < -0.4 is 15.4 Å². The quantitative estimate of drug-likeness (QED) is 0.700. The minimum absolute atomic E-state index is 0.0311. The van der Waals surface area contributed by atoms with E-state index in [9.17, 15) is 14.4 Å². The Labute approximate surface area is 183 Å². The number of methoxy groups -OCH3 is 1. The second-order valence-corrected chi connectivity index (χ2v) is 9.86. The lowest BCUT2D eigenvalue weighted by Crippen LogP contribution is -2.57. The molecule has 0 aliphatic heterocycles. The molecule has 0 radical (unpaired) electrons. The van der Waals surface area contributed by atoms with Crippen LogP contribution in [0.15, 0.2) is 24.3 Å². The molecule has 0 saturated heterocycles. The van der Waals surface area contributed by atoms with Crippen molar-refractivity contribution in [2.45, 2.75) is 51.5 Å². The molecule has 1 atom stereocenters. The van der Waals surface area contributed by atoms with E-state index < -0.39 is 6.04 Å². The summed E-state index contributed by atoms with van der Waals surface area (Å²) >= 11 is 0. The van der Waals surface area contributed by atoms with Gasteiger partial charge < -0.3 is 20.3 Å². The van der Waals surface area contributed by atoms with Crippen LogP contribution in [0.2, 0.25) is 0 Å². The van der Waals surface area contributed by atoms with Crippen LogP contribution in [0.3, 0.4) is 0 Å². The van der Waals surface area contributed by atoms with Gasteiger partial charge in [-0.05, 0) is 87.5 Å². The number of likely N-dealkylation sites (N-methyl/N-ethyl adjacent to an activating group) is 1. The van der Waals surface area contributed by atoms with Crippen molar-refractivity contribution in [1.29, 1.82) is 0 Å². The van der Waals surface area contributed by atoms with Crippen LogP contribution in [0.25, 0.3) is 0 Å². The second kappa shape index (κ2) is 8.52. The number of hydrogen-bond donors (Lipinski definition) is 2. The summed E-state index contributed by atoms with van der Waals surface area (Å²) in [6, 6.07) is 6.35. The summed E-state index contributed by atoms with van der Waals surface area (Å²) in [4.78, 5) is 39.7. The number of carbonyl (C=O) groups excluding carboxylic acids is 3. The molecule has 1 aromatic carbocycles. The van der Waals surface area contributed by atoms with Crippen LogP contribution in [-0.4, -0.2) is 49.4 Å². The predicted octanol–water partition coefficient (Wildman–Crippen LogP) is 2.81. The van der Waals surface area contributed by atoms with Crippen molar-refractivity contribution in [3.8, 4) is 5.75 Å². The van der Waals surface area contributed by atoms with Gasteiger partial charge in [0, 0.05) is 18.2 Å². The maximum atomic E-state index is 13.2. The Balaban J connectivity index is 1.29. The zero-order valence-electron chi connectivity index (χ0n) is 18.6. The molecule has 5 rings (SSSR count). The summed E-state index contributed by atoms with van der Waals surface area (Å²) in [6.45, 7) is 1.63. The van der Waals surface area contributed by atoms with Gasteiger partial charge in [0.2, 0.25) is 17.7 Å². The third-order valence-electron chi connectivity index (χ3n) is 7.37. The molecule has 4 fully saturated rings. The Bertz CT molecular complexity index is 816. The molecule has 4 bridgehead atoms. The minimum Gasteiger partial charge on any atom is -0.497 e. The summed E-state index contributed by atoms with van der Waals surface area (Å²) < 4.78 is 5.10. The fourth-order valence-corrected chi connectivity index (χ4v) is 6.30. The largest absolute Gasteiger partial charge is 0.497 e. The van der Waals surface area contributed by atoms with Gasteiger partial charge in [-0.3, -0.25) is 14.4 Å². The van der Waals surface area contributed by atoms with E-state index >= 15 is 0 Å². The standard InChI is InChI=1S/C24H33N3O4/c1-15(25-23(30)24-11-16-8-17(12-24)10-18(9-16)13-24)22(29)27(2)14-21(28)26-19-4-6-20(31-3)7-5-19/h4-7,15-18H,8-14H2,1-3H3,(H,25,30)(H,26,28)/t15-,16?,17?,18?,24?/m0/s1. The number of carbonyl (C=O) groups is 3. The summed E-state index contributed by atoms with van der Waals surface area (Å²) in [5.41, 5.74) is 0.350. The number of rotatable bonds is 7. The monoisotopic (exact) mass is 427 g/mol. The van der Waals surface area contributed by atoms with Gasteiger partial charge in [-0.1, -0.05) is 0 Å². The molecular weight excluding hydrogens is 394 g/mol. The molecule has 4 aliphatic rings. The molecule has 7 heteroatoms. The van der Waals surface area contributed by atoms with E-state index in [4.69, 9.17) is 4.74 Å². The molecule has 3 amide bonds. The molecule has 168 valence electrons. The number of nitrogens with zero attached hydrogens (tertiary/aromatic N) is 1. The van der Waals surface area contributed by atoms with E-state index in [0.29, 0.717) is 29.2 Å². The molecule has 0 aromatic heterocycles. The van der Waals surface area contributed by atoms with E-state index in [2.05, 4.69) is 10.6 Å². The lowest BCUT2D eigenvalue weighted by atomic mass is 9.49. The smallest absolute Gasteiger partial charge is 0.245 e. The molecule has 2 N–H and O–H groups in total. The number of ether oxygens (including phenoxy) is 1. The zero-order valence-corrected chi connectivity index (χ0v) is 18.6. The average molecular weight is 428 g/mol. The Hall–Kier alpha value is -2.57. The van der Waals surface area contributed by atoms with Crippen molar-refractivity contribution in [2.75, 3.05) is 26.0 Å². The zero-order chi connectivity index (χ0) is 22.2. The SMILES string of the molecule is COc1ccc(NC(=O)CN(C)C(=O)[C@H](C)NC(=O)C23CC4CC(CC(C4)C2)C3)cc1. The molecule has 7 nitrogen and oxygen atoms in total. The van der Waals surface area contributed by atoms with Gasteiger partial charge in [-0.25, -0.2) is 0 Å². The van der Waals surface area contributed by atoms with E-state index in [0.717, 1.165) is 19.3 Å². The third kappa shape index (κ3) is 4.55. The molecule has 0 spiro atoms. The molecular formula is C24H33N3O4. The summed E-state index contributed by atoms with van der Waals surface area (Å²) in [5.74, 6) is 2.20. The lowest BCUT2D eigenvalue weighted by molar-refractivity contribution is -0.149. The maximum absolute atomic E-state index is 13.2. The fourth-order valence-electron chi connectivity index (χ4n) is 6.30. The third-order valence-corrected chi connectivity index (χ3v) is 7.37. The maximum Gasteiger partial charge on any atom is 0.245 e. The Morgan fingerprint density at radius 2 is 1.61 bits per heavy atom. The summed E-state index contributed by atoms with van der Waals surface area (Å²) in [5, 5.41) is 5.75. The first-order valence-electron chi connectivity index (χ1n) is 11.3. The first-order valence-corrected chi connectivity index (χ1v) is 11.3. The summed E-state index contributed by atoms with van der Waals surface area (Å²) in [7, 11) is 3.17. The fraction of sp³-hybridized carbons (Fsp3) is 0.625. The van der Waals surface area contributed by atoms with Gasteiger partial charge >= 0.3 is 0 Å². The molecule has 31 heavy (non-hydrogen) atoms. The highest BCUT2D eigenvalue weighted by Crippen LogP contribution is 2.60. The molecule has 4 aliphatic carbocycles. The molecule has 0 unspecified atom stereocenters. The summed E-state index contributed by atoms with van der Waals surface area (Å²) in [6.07, 6.45) is 6.71. The highest BCUT2D eigenvalue weighted by Gasteiger charge is 2.54. The van der Waals surface area contributed by atoms with Gasteiger partial charge in [0.05, 0.1) is 13.7 Å². The molecule has 0 heterocycles. The van der Waals surface area contributed by atoms with Crippen molar-refractivity contribution in [2.24, 2.45) is 23.2 Å². The molecule has 1 aromatic rings. The number of amides is 3. The van der Waals surface area contributed by atoms with Crippen molar-refractivity contribution in [3.63, 3.8) is 0 Å². The first kappa shape index (κ1) is 21.7. The van der Waals surface area contributed by atoms with Crippen LogP contribution in [0.1, 0.15) is 45.4 Å². The normalized spacial score (nSPS) is 29.2. The van der Waals surface area contributed by atoms with E-state index in [-0.39, 0.29) is 29.7 Å². The van der Waals surface area contributed by atoms with E-state index in [1.807, 2.05) is 0 Å². The number of benzene rings is 1. The highest BCUT2D eigenvalue weighted by molar-refractivity contribution is 5.96. The first-order chi connectivity index (χ1) is 14.8. The van der Waals surface area contributed by atoms with Gasteiger partial charge in [-0.15, -0.1) is 0 Å². The Morgan fingerprint density at radius 1 is 1.06 bits per heavy atom. The number of anilines is 1. The van der Waals surface area contributed by atoms with Gasteiger partial charge in [0.25, 0.3) is 0 Å². The van der Waals surface area contributed by atoms with E-state index in [1.54, 1.807) is 45.3 Å². The van der Waals surface area contributed by atoms with Crippen LogP contribution >= 0.6 is 0 Å². The van der Waals surface area contributed by atoms with Gasteiger partial charge in [0.15, 0.2) is 0 Å². The van der Waals surface area contributed by atoms with Crippen molar-refractivity contribution in [1.82, 2.24) is 10.2 Å². The topological polar surface area (TPSA) is 87.7 Å². The average Bonchev–Trinajstić information content (AvgIpc) is 2.72. The lowest BCUT2D eigenvalue weighted by Gasteiger charge is -2.55. The predicted molar refractivity (Wildman–Crippen MR) is 117 cm³/mol. The van der Waals surface area contributed by atoms with Crippen LogP contribution in [-0.2, 0) is 14.4 Å². The van der Waals surface area contributed by atoms with Crippen molar-refractivity contribution in [3.05, 3.63) is 24.3 Å². The highest BCUT2D eigenvalue weighted by atomic mass is 16.5. The van der Waals surface area contributed by atoms with Gasteiger partial charge in [0.1, 0.15) is 11.8 Å². The number of hydrogen-bond acceptors (Lipinski definition) is 4. The minimum atomic E-state index is -0.653. The molecule has 4 saturated carbocycles.